The summed E-state index contributed by atoms with van der Waals surface area (Å²) < 4.78 is 127. The van der Waals surface area contributed by atoms with E-state index >= 15 is 0 Å². The minimum absolute atomic E-state index is 0.0552. The second kappa shape index (κ2) is 30.4. The van der Waals surface area contributed by atoms with Gasteiger partial charge in [0, 0.05) is 39.6 Å². The first-order valence-corrected chi connectivity index (χ1v) is 41.3. The van der Waals surface area contributed by atoms with Crippen LogP contribution in [0.5, 0.6) is 0 Å². The van der Waals surface area contributed by atoms with Crippen LogP contribution in [0.4, 0.5) is 26.3 Å². The maximum atomic E-state index is 13.2. The SMILES string of the molecule is CS(=O)(=O)NCc1nc2cc(-c3ccc([C@@H](O)[C@@H](CF)NC(=O)C(F)F)cc3)cnc2s1.CS(=O)(=O)NCc1nc2cc(Br)cnc2s1.NCc1nc2cc(Br)cnc2s1.[CH3][Sn]([CH3])([CH3])[c]1ccc([C@@H](O)[C@@H](CF)NC(=O)C(F)F)cc1. The van der Waals surface area contributed by atoms with Crippen LogP contribution in [0.15, 0.2) is 94.3 Å². The molecule has 0 saturated carbocycles. The van der Waals surface area contributed by atoms with Gasteiger partial charge in [0.1, 0.15) is 58.8 Å². The fourth-order valence-electron chi connectivity index (χ4n) is 6.75. The molecule has 0 aliphatic carbocycles. The number of pyridine rings is 3. The van der Waals surface area contributed by atoms with E-state index in [0.717, 1.165) is 47.2 Å². The summed E-state index contributed by atoms with van der Waals surface area (Å²) in [6.45, 7) is -1.60. The number of thiazole rings is 3. The summed E-state index contributed by atoms with van der Waals surface area (Å²) in [5, 5.41) is 26.0. The molecule has 8 N–H and O–H groups in total. The number of benzene rings is 2. The van der Waals surface area contributed by atoms with E-state index in [1.165, 1.54) is 49.7 Å². The number of aliphatic hydroxyl groups excluding tert-OH is 2. The Morgan fingerprint density at radius 3 is 1.35 bits per heavy atom. The first kappa shape index (κ1) is 67.3. The van der Waals surface area contributed by atoms with Gasteiger partial charge in [-0.05, 0) is 61.2 Å². The summed E-state index contributed by atoms with van der Waals surface area (Å²) >= 11 is 8.59. The van der Waals surface area contributed by atoms with Gasteiger partial charge < -0.3 is 16.2 Å². The molecule has 0 aliphatic rings. The molecule has 0 fully saturated rings. The van der Waals surface area contributed by atoms with E-state index in [9.17, 15) is 63.0 Å². The van der Waals surface area contributed by atoms with Crippen molar-refractivity contribution in [2.24, 2.45) is 5.73 Å². The number of rotatable bonds is 19. The number of aromatic nitrogens is 6. The van der Waals surface area contributed by atoms with E-state index in [2.05, 4.69) is 86.0 Å². The standard InChI is InChI=1S/C19H19F3N4O4S2.C11H11F3NO2.C8H8BrN3O2S2.C7H6BrN3S.3CH3.Sn/c1-32(29,30)24-9-15-25-13-6-12(8-23-19(13)31-15)10-2-4-11(5-3-10)16(27)14(7-20)26-18(28)17(21)22;12-6-8(15-11(17)10(13)14)9(16)7-4-2-1-3-5-7;1-16(13,14)11-4-7-12-6-2-5(9)3-10-8(6)15-7;8-4-1-5-7(10-3-4)12-6(2-9)11-5;;;;/h2-6,8,14,16-17,24,27H,7,9H2,1H3,(H,26,28);2-5,8-10,16H,6H2,(H,15,17);2-3,11H,4H2,1H3;1,3H,2,9H2;3*1H3;/t14-,16-;8-,9-;;;;;;/m11....../s1. The predicted molar refractivity (Wildman–Crippen MR) is 312 cm³/mol. The third kappa shape index (κ3) is 21.3. The van der Waals surface area contributed by atoms with Crippen molar-refractivity contribution in [3.8, 4) is 11.1 Å². The first-order chi connectivity index (χ1) is 38.0. The zero-order valence-corrected chi connectivity index (χ0v) is 53.4. The van der Waals surface area contributed by atoms with Crippen LogP contribution >= 0.6 is 65.9 Å². The van der Waals surface area contributed by atoms with Crippen molar-refractivity contribution < 1.29 is 63.0 Å². The molecule has 6 aromatic heterocycles. The average Bonchev–Trinajstić information content (AvgIpc) is 4.24. The molecule has 4 atom stereocenters. The Morgan fingerprint density at radius 1 is 0.605 bits per heavy atom. The van der Waals surface area contributed by atoms with Gasteiger partial charge in [0.2, 0.25) is 20.0 Å². The van der Waals surface area contributed by atoms with Crippen LogP contribution in [0.3, 0.4) is 0 Å². The Bertz CT molecular complexity index is 3630. The molecular weight excluding hydrogens is 1410 g/mol. The average molecular weight is 1460 g/mol. The topological polar surface area (TPSA) is 294 Å². The van der Waals surface area contributed by atoms with Crippen LogP contribution in [-0.2, 0) is 49.3 Å². The fourth-order valence-corrected chi connectivity index (χ4v) is 14.1. The molecule has 6 heterocycles. The van der Waals surface area contributed by atoms with Gasteiger partial charge in [-0.1, -0.05) is 58.3 Å². The molecule has 2 amide bonds. The van der Waals surface area contributed by atoms with Gasteiger partial charge in [-0.3, -0.25) is 4.79 Å². The van der Waals surface area contributed by atoms with E-state index in [4.69, 9.17) is 5.73 Å². The van der Waals surface area contributed by atoms with Crippen molar-refractivity contribution in [3.05, 3.63) is 120 Å². The second-order valence-corrected chi connectivity index (χ2v) is 41.4. The number of hydrogen-bond acceptors (Lipinski definition) is 18. The molecule has 0 bridgehead atoms. The third-order valence-corrected chi connectivity index (χ3v) is 21.9. The number of aliphatic hydroxyl groups is 2. The number of nitrogens with one attached hydrogen (secondary N) is 4. The summed E-state index contributed by atoms with van der Waals surface area (Å²) in [4.78, 5) is 56.7. The van der Waals surface area contributed by atoms with Crippen LogP contribution in [0, 0.1) is 0 Å². The van der Waals surface area contributed by atoms with Gasteiger partial charge in [-0.15, -0.1) is 0 Å². The van der Waals surface area contributed by atoms with Crippen LogP contribution in [0.25, 0.3) is 42.2 Å². The molecule has 33 heteroatoms. The van der Waals surface area contributed by atoms with Gasteiger partial charge in [0.25, 0.3) is 5.91 Å². The monoisotopic (exact) mass is 1460 g/mol. The molecule has 8 rings (SSSR count). The number of amides is 2. The van der Waals surface area contributed by atoms with Gasteiger partial charge in [0.15, 0.2) is 0 Å². The Morgan fingerprint density at radius 2 is 0.975 bits per heavy atom. The van der Waals surface area contributed by atoms with Crippen molar-refractivity contribution in [1.82, 2.24) is 50.0 Å². The summed E-state index contributed by atoms with van der Waals surface area (Å²) in [6, 6.07) is 16.0. The van der Waals surface area contributed by atoms with Crippen LogP contribution in [-0.4, -0.2) is 138 Å². The Labute approximate surface area is 494 Å². The third-order valence-electron chi connectivity index (χ3n) is 10.8. The van der Waals surface area contributed by atoms with Crippen LogP contribution in [0.1, 0.15) is 38.4 Å². The van der Waals surface area contributed by atoms with E-state index in [0.29, 0.717) is 43.6 Å². The molecular formula is C48H53Br2F6N11O8S5Sn. The molecule has 0 saturated heterocycles. The number of hydrogen-bond donors (Lipinski definition) is 7. The predicted octanol–water partition coefficient (Wildman–Crippen LogP) is 7.56. The summed E-state index contributed by atoms with van der Waals surface area (Å²) in [6.07, 6.45) is -2.18. The van der Waals surface area contributed by atoms with E-state index in [1.807, 2.05) is 29.6 Å². The van der Waals surface area contributed by atoms with E-state index in [-0.39, 0.29) is 18.7 Å². The maximum absolute atomic E-state index is 13.2. The summed E-state index contributed by atoms with van der Waals surface area (Å²) in [5.74, 6) is -3.24. The second-order valence-electron chi connectivity index (χ2n) is 18.2. The van der Waals surface area contributed by atoms with Crippen molar-refractivity contribution in [1.29, 1.82) is 0 Å². The molecule has 0 aliphatic heterocycles. The van der Waals surface area contributed by atoms with Crippen molar-refractivity contribution in [2.45, 2.75) is 71.6 Å². The summed E-state index contributed by atoms with van der Waals surface area (Å²) in [7, 11) is -6.53. The minimum atomic E-state index is -3.35. The van der Waals surface area contributed by atoms with Crippen molar-refractivity contribution in [3.63, 3.8) is 0 Å². The molecule has 2 aromatic carbocycles. The zero-order valence-electron chi connectivity index (χ0n) is 43.3. The number of carbonyl (C=O) groups excluding carboxylic acids is 2. The normalized spacial score (nSPS) is 13.4. The molecule has 0 radical (unpaired) electrons. The van der Waals surface area contributed by atoms with Gasteiger partial charge in [-0.2, -0.15) is 8.78 Å². The number of alkyl halides is 6. The van der Waals surface area contributed by atoms with Crippen molar-refractivity contribution >= 4 is 151 Å². The van der Waals surface area contributed by atoms with Crippen molar-refractivity contribution in [2.75, 3.05) is 25.9 Å². The number of carbonyl (C=O) groups is 2. The molecule has 19 nitrogen and oxygen atoms in total. The number of sulfonamides is 2. The number of fused-ring (bicyclic) bond motifs is 3. The van der Waals surface area contributed by atoms with Gasteiger partial charge in [-0.25, -0.2) is 60.6 Å². The van der Waals surface area contributed by atoms with Gasteiger partial charge >= 0.3 is 133 Å². The zero-order chi connectivity index (χ0) is 60.0. The fraction of sp³-hybridized carbons (Fsp3) is 0.333. The first-order valence-electron chi connectivity index (χ1n) is 23.5. The Kier molecular flexibility index (Phi) is 25.3. The van der Waals surface area contributed by atoms with Gasteiger partial charge in [0.05, 0.1) is 31.6 Å². The number of nitrogens with zero attached hydrogens (tertiary/aromatic N) is 6. The number of halogens is 8. The molecule has 8 aromatic rings. The summed E-state index contributed by atoms with van der Waals surface area (Å²) in [5.41, 5.74) is 9.75. The molecule has 438 valence electrons. The Balaban J connectivity index is 0.000000212. The molecule has 81 heavy (non-hydrogen) atoms. The van der Waals surface area contributed by atoms with E-state index < -0.39 is 101 Å². The van der Waals surface area contributed by atoms with Crippen LogP contribution < -0.4 is 29.4 Å². The van der Waals surface area contributed by atoms with E-state index in [1.54, 1.807) is 54.2 Å². The molecule has 0 spiro atoms. The Hall–Kier alpha value is -4.46. The van der Waals surface area contributed by atoms with Crippen LogP contribution in [0.2, 0.25) is 14.8 Å². The number of nitrogens with two attached hydrogens (primary N) is 1. The quantitative estimate of drug-likeness (QED) is 0.0304. The molecule has 0 unspecified atom stereocenters.